The fraction of sp³-hybridized carbons (Fsp3) is 0.846. The smallest absolute Gasteiger partial charge is 0.198 e. The van der Waals surface area contributed by atoms with E-state index in [0.29, 0.717) is 12.0 Å². The molecule has 19 heavy (non-hydrogen) atoms. The fourth-order valence-electron chi connectivity index (χ4n) is 2.77. The van der Waals surface area contributed by atoms with Gasteiger partial charge in [0, 0.05) is 33.2 Å². The van der Waals surface area contributed by atoms with Crippen molar-refractivity contribution in [3.63, 3.8) is 0 Å². The first-order chi connectivity index (χ1) is 9.19. The molecule has 1 aromatic heterocycles. The second-order valence-electron chi connectivity index (χ2n) is 5.67. The largest absolute Gasteiger partial charge is 0.381 e. The zero-order chi connectivity index (χ0) is 13.4. The van der Waals surface area contributed by atoms with Crippen molar-refractivity contribution >= 4 is 12.2 Å². The van der Waals surface area contributed by atoms with Crippen molar-refractivity contribution in [3.8, 4) is 0 Å². The molecule has 1 saturated heterocycles. The summed E-state index contributed by atoms with van der Waals surface area (Å²) in [6.07, 6.45) is 5.16. The van der Waals surface area contributed by atoms with Gasteiger partial charge in [-0.15, -0.1) is 0 Å². The van der Waals surface area contributed by atoms with E-state index < -0.39 is 0 Å². The summed E-state index contributed by atoms with van der Waals surface area (Å²) >= 11 is 5.49. The van der Waals surface area contributed by atoms with E-state index >= 15 is 0 Å². The van der Waals surface area contributed by atoms with E-state index in [0.717, 1.165) is 43.2 Å². The molecule has 106 valence electrons. The Morgan fingerprint density at radius 3 is 2.53 bits per heavy atom. The monoisotopic (exact) mass is 282 g/mol. The Bertz CT molecular complexity index is 497. The molecule has 3 rings (SSSR count). The summed E-state index contributed by atoms with van der Waals surface area (Å²) in [4.78, 5) is 2.41. The van der Waals surface area contributed by atoms with Gasteiger partial charge in [0.2, 0.25) is 0 Å². The summed E-state index contributed by atoms with van der Waals surface area (Å²) in [5.74, 6) is 1.81. The van der Waals surface area contributed by atoms with Gasteiger partial charge >= 0.3 is 0 Å². The molecule has 1 aromatic rings. The Balaban J connectivity index is 1.67. The minimum absolute atomic E-state index is 0.426. The van der Waals surface area contributed by atoms with Gasteiger partial charge in [0.25, 0.3) is 0 Å². The van der Waals surface area contributed by atoms with E-state index in [2.05, 4.69) is 9.47 Å². The zero-order valence-electron chi connectivity index (χ0n) is 11.7. The van der Waals surface area contributed by atoms with Crippen LogP contribution in [0.25, 0.3) is 0 Å². The minimum Gasteiger partial charge on any atom is -0.381 e. The quantitative estimate of drug-likeness (QED) is 0.790. The third-order valence-electron chi connectivity index (χ3n) is 4.22. The Hall–Kier alpha value is -0.720. The van der Waals surface area contributed by atoms with Crippen LogP contribution in [0.5, 0.6) is 0 Å². The molecule has 0 bridgehead atoms. The van der Waals surface area contributed by atoms with Gasteiger partial charge < -0.3 is 9.30 Å². The maximum absolute atomic E-state index is 5.49. The van der Waals surface area contributed by atoms with Gasteiger partial charge in [-0.25, -0.2) is 4.68 Å². The normalized spacial score (nSPS) is 22.0. The predicted octanol–water partition coefficient (Wildman–Crippen LogP) is 1.90. The van der Waals surface area contributed by atoms with Crippen molar-refractivity contribution in [2.24, 2.45) is 7.05 Å². The number of hydrogen-bond acceptors (Lipinski definition) is 4. The van der Waals surface area contributed by atoms with Crippen LogP contribution in [-0.4, -0.2) is 45.6 Å². The molecule has 0 radical (unpaired) electrons. The lowest BCUT2D eigenvalue weighted by Crippen LogP contribution is -2.38. The molecule has 1 aliphatic heterocycles. The van der Waals surface area contributed by atoms with Crippen LogP contribution < -0.4 is 0 Å². The van der Waals surface area contributed by atoms with E-state index in [9.17, 15) is 0 Å². The van der Waals surface area contributed by atoms with Gasteiger partial charge in [0.15, 0.2) is 4.77 Å². The fourth-order valence-corrected chi connectivity index (χ4v) is 2.96. The lowest BCUT2D eigenvalue weighted by Gasteiger charge is -2.30. The third-order valence-corrected chi connectivity index (χ3v) is 4.70. The summed E-state index contributed by atoms with van der Waals surface area (Å²) in [6.45, 7) is 2.95. The molecule has 0 N–H and O–H groups in total. The van der Waals surface area contributed by atoms with Gasteiger partial charge in [0.1, 0.15) is 5.82 Å². The SMILES string of the molecule is COC1CCN(Cn2nc(C3CC3)n(C)c2=S)CC1. The number of likely N-dealkylation sites (tertiary alicyclic amines) is 1. The molecule has 5 nitrogen and oxygen atoms in total. The second-order valence-corrected chi connectivity index (χ2v) is 6.03. The molecule has 0 unspecified atom stereocenters. The summed E-state index contributed by atoms with van der Waals surface area (Å²) in [7, 11) is 3.84. The standard InChI is InChI=1S/C13H22N4OS/c1-15-12(10-3-4-10)14-17(13(15)19)9-16-7-5-11(18-2)6-8-16/h10-11H,3-9H2,1-2H3. The van der Waals surface area contributed by atoms with E-state index in [1.807, 2.05) is 11.7 Å². The lowest BCUT2D eigenvalue weighted by atomic mass is 10.1. The van der Waals surface area contributed by atoms with Crippen molar-refractivity contribution in [2.75, 3.05) is 20.2 Å². The van der Waals surface area contributed by atoms with Crippen LogP contribution in [0.4, 0.5) is 0 Å². The summed E-state index contributed by atoms with van der Waals surface area (Å²) in [5, 5.41) is 4.71. The molecule has 0 atom stereocenters. The first-order valence-corrected chi connectivity index (χ1v) is 7.48. The average Bonchev–Trinajstić information content (AvgIpc) is 3.23. The highest BCUT2D eigenvalue weighted by Gasteiger charge is 2.29. The predicted molar refractivity (Wildman–Crippen MR) is 75.6 cm³/mol. The van der Waals surface area contributed by atoms with Crippen LogP contribution in [0.3, 0.4) is 0 Å². The van der Waals surface area contributed by atoms with E-state index in [4.69, 9.17) is 22.1 Å². The summed E-state index contributed by atoms with van der Waals surface area (Å²) < 4.78 is 10.3. The zero-order valence-corrected chi connectivity index (χ0v) is 12.5. The van der Waals surface area contributed by atoms with Gasteiger partial charge in [0.05, 0.1) is 12.8 Å². The highest BCUT2D eigenvalue weighted by Crippen LogP contribution is 2.38. The number of ether oxygens (including phenoxy) is 1. The van der Waals surface area contributed by atoms with E-state index in [-0.39, 0.29) is 0 Å². The number of aromatic nitrogens is 3. The van der Waals surface area contributed by atoms with Crippen molar-refractivity contribution < 1.29 is 4.74 Å². The Morgan fingerprint density at radius 1 is 1.26 bits per heavy atom. The summed E-state index contributed by atoms with van der Waals surface area (Å²) in [5.41, 5.74) is 0. The molecule has 2 fully saturated rings. The first-order valence-electron chi connectivity index (χ1n) is 7.08. The van der Waals surface area contributed by atoms with Crippen LogP contribution in [-0.2, 0) is 18.5 Å². The Morgan fingerprint density at radius 2 is 1.95 bits per heavy atom. The Kier molecular flexibility index (Phi) is 3.73. The molecule has 1 saturated carbocycles. The first kappa shape index (κ1) is 13.3. The number of hydrogen-bond donors (Lipinski definition) is 0. The molecular formula is C13H22N4OS. The molecule has 2 aliphatic rings. The lowest BCUT2D eigenvalue weighted by molar-refractivity contribution is 0.0301. The van der Waals surface area contributed by atoms with Gasteiger partial charge in [-0.3, -0.25) is 4.90 Å². The van der Waals surface area contributed by atoms with E-state index in [1.54, 1.807) is 7.11 Å². The molecular weight excluding hydrogens is 260 g/mol. The second kappa shape index (κ2) is 5.34. The van der Waals surface area contributed by atoms with Gasteiger partial charge in [-0.05, 0) is 37.9 Å². The van der Waals surface area contributed by atoms with Crippen LogP contribution >= 0.6 is 12.2 Å². The molecule has 2 heterocycles. The van der Waals surface area contributed by atoms with Gasteiger partial charge in [-0.1, -0.05) is 0 Å². The Labute approximate surface area is 119 Å². The minimum atomic E-state index is 0.426. The highest BCUT2D eigenvalue weighted by molar-refractivity contribution is 7.71. The number of methoxy groups -OCH3 is 1. The van der Waals surface area contributed by atoms with Crippen molar-refractivity contribution in [3.05, 3.63) is 10.6 Å². The van der Waals surface area contributed by atoms with Crippen molar-refractivity contribution in [1.82, 2.24) is 19.2 Å². The highest BCUT2D eigenvalue weighted by atomic mass is 32.1. The summed E-state index contributed by atoms with van der Waals surface area (Å²) in [6, 6.07) is 0. The molecule has 0 aromatic carbocycles. The average molecular weight is 282 g/mol. The number of nitrogens with zero attached hydrogens (tertiary/aromatic N) is 4. The maximum Gasteiger partial charge on any atom is 0.198 e. The van der Waals surface area contributed by atoms with Crippen LogP contribution in [0.1, 0.15) is 37.4 Å². The maximum atomic E-state index is 5.49. The number of piperidine rings is 1. The van der Waals surface area contributed by atoms with Gasteiger partial charge in [-0.2, -0.15) is 5.10 Å². The molecule has 0 spiro atoms. The van der Waals surface area contributed by atoms with Crippen LogP contribution in [0.15, 0.2) is 0 Å². The van der Waals surface area contributed by atoms with Crippen molar-refractivity contribution in [2.45, 2.75) is 44.4 Å². The van der Waals surface area contributed by atoms with Crippen LogP contribution in [0, 0.1) is 4.77 Å². The van der Waals surface area contributed by atoms with E-state index in [1.165, 1.54) is 12.8 Å². The third kappa shape index (κ3) is 2.75. The number of rotatable bonds is 4. The molecule has 6 heteroatoms. The van der Waals surface area contributed by atoms with Crippen LogP contribution in [0.2, 0.25) is 0 Å². The van der Waals surface area contributed by atoms with Crippen molar-refractivity contribution in [1.29, 1.82) is 0 Å². The molecule has 1 aliphatic carbocycles. The molecule has 0 amide bonds. The topological polar surface area (TPSA) is 35.2 Å².